The number of rotatable bonds is 7. The van der Waals surface area contributed by atoms with E-state index in [2.05, 4.69) is 29.2 Å². The molecular formula is C26H27Cl2N3O3S. The molecule has 3 aromatic rings. The number of carbonyl (C=O) groups is 1. The molecule has 0 N–H and O–H groups in total. The van der Waals surface area contributed by atoms with Gasteiger partial charge in [-0.25, -0.2) is 8.42 Å². The maximum Gasteiger partial charge on any atom is 0.243 e. The fourth-order valence-corrected chi connectivity index (χ4v) is 5.77. The van der Waals surface area contributed by atoms with Crippen molar-refractivity contribution in [3.05, 3.63) is 100 Å². The lowest BCUT2D eigenvalue weighted by molar-refractivity contribution is -0.131. The average Bonchev–Trinajstić information content (AvgIpc) is 2.83. The molecule has 35 heavy (non-hydrogen) atoms. The predicted octanol–water partition coefficient (Wildman–Crippen LogP) is 4.69. The van der Waals surface area contributed by atoms with Crippen LogP contribution in [0.25, 0.3) is 0 Å². The second-order valence-corrected chi connectivity index (χ2v) is 11.3. The second-order valence-electron chi connectivity index (χ2n) is 8.54. The van der Waals surface area contributed by atoms with Gasteiger partial charge in [0.1, 0.15) is 6.54 Å². The van der Waals surface area contributed by atoms with E-state index in [1.807, 2.05) is 36.4 Å². The van der Waals surface area contributed by atoms with E-state index >= 15 is 0 Å². The Labute approximate surface area is 216 Å². The van der Waals surface area contributed by atoms with Gasteiger partial charge >= 0.3 is 0 Å². The SMILES string of the molecule is CS(=O)(=O)N(CC(=O)N1CCN(C(c2ccccc2)c2ccccc2)CC1)c1cc(Cl)cc(Cl)c1. The zero-order valence-corrected chi connectivity index (χ0v) is 21.7. The third kappa shape index (κ3) is 6.35. The predicted molar refractivity (Wildman–Crippen MR) is 142 cm³/mol. The van der Waals surface area contributed by atoms with Gasteiger partial charge < -0.3 is 4.90 Å². The minimum atomic E-state index is -3.72. The first-order valence-electron chi connectivity index (χ1n) is 11.3. The van der Waals surface area contributed by atoms with Crippen molar-refractivity contribution < 1.29 is 13.2 Å². The van der Waals surface area contributed by atoms with Crippen molar-refractivity contribution in [1.82, 2.24) is 9.80 Å². The van der Waals surface area contributed by atoms with Crippen LogP contribution in [-0.4, -0.2) is 63.1 Å². The third-order valence-electron chi connectivity index (χ3n) is 6.08. The Morgan fingerprint density at radius 2 is 1.34 bits per heavy atom. The minimum Gasteiger partial charge on any atom is -0.339 e. The number of halogens is 2. The molecule has 1 fully saturated rings. The Morgan fingerprint density at radius 1 is 0.857 bits per heavy atom. The van der Waals surface area contributed by atoms with E-state index in [0.717, 1.165) is 10.6 Å². The zero-order chi connectivity index (χ0) is 25.0. The van der Waals surface area contributed by atoms with Crippen LogP contribution in [-0.2, 0) is 14.8 Å². The fraction of sp³-hybridized carbons (Fsp3) is 0.269. The van der Waals surface area contributed by atoms with Gasteiger partial charge in [0.2, 0.25) is 15.9 Å². The number of amides is 1. The molecule has 0 aromatic heterocycles. The fourth-order valence-electron chi connectivity index (χ4n) is 4.42. The van der Waals surface area contributed by atoms with Gasteiger partial charge in [-0.3, -0.25) is 14.0 Å². The number of sulfonamides is 1. The van der Waals surface area contributed by atoms with Crippen LogP contribution in [0.2, 0.25) is 10.0 Å². The first-order valence-corrected chi connectivity index (χ1v) is 13.9. The van der Waals surface area contributed by atoms with Crippen molar-refractivity contribution in [3.8, 4) is 0 Å². The number of piperazine rings is 1. The monoisotopic (exact) mass is 531 g/mol. The van der Waals surface area contributed by atoms with Crippen molar-refractivity contribution in [2.45, 2.75) is 6.04 Å². The molecule has 0 unspecified atom stereocenters. The molecule has 1 aliphatic rings. The van der Waals surface area contributed by atoms with E-state index in [4.69, 9.17) is 23.2 Å². The normalized spacial score (nSPS) is 14.8. The maximum absolute atomic E-state index is 13.2. The summed E-state index contributed by atoms with van der Waals surface area (Å²) in [6.45, 7) is 2.03. The van der Waals surface area contributed by atoms with Gasteiger partial charge in [0, 0.05) is 36.2 Å². The molecule has 0 bridgehead atoms. The highest BCUT2D eigenvalue weighted by Gasteiger charge is 2.30. The first-order chi connectivity index (χ1) is 16.7. The Morgan fingerprint density at radius 3 is 1.80 bits per heavy atom. The Kier molecular flexibility index (Phi) is 8.02. The lowest BCUT2D eigenvalue weighted by atomic mass is 9.96. The molecule has 0 atom stereocenters. The Balaban J connectivity index is 1.48. The lowest BCUT2D eigenvalue weighted by Gasteiger charge is -2.40. The molecule has 1 amide bonds. The molecule has 3 aromatic carbocycles. The first kappa shape index (κ1) is 25.5. The summed E-state index contributed by atoms with van der Waals surface area (Å²) in [5, 5.41) is 0.602. The molecule has 9 heteroatoms. The largest absolute Gasteiger partial charge is 0.339 e. The van der Waals surface area contributed by atoms with E-state index in [-0.39, 0.29) is 24.2 Å². The molecule has 0 saturated carbocycles. The summed E-state index contributed by atoms with van der Waals surface area (Å²) in [6, 6.07) is 25.2. The van der Waals surface area contributed by atoms with E-state index in [1.165, 1.54) is 29.3 Å². The van der Waals surface area contributed by atoms with Crippen molar-refractivity contribution in [1.29, 1.82) is 0 Å². The lowest BCUT2D eigenvalue weighted by Crippen LogP contribution is -2.52. The van der Waals surface area contributed by atoms with Crippen LogP contribution in [0.3, 0.4) is 0 Å². The standard InChI is InChI=1S/C26H27Cl2N3O3S/c1-35(33,34)31(24-17-22(27)16-23(28)18-24)19-25(32)29-12-14-30(15-13-29)26(20-8-4-2-5-9-20)21-10-6-3-7-11-21/h2-11,16-18,26H,12-15,19H2,1H3. The third-order valence-corrected chi connectivity index (χ3v) is 7.65. The van der Waals surface area contributed by atoms with Crippen LogP contribution < -0.4 is 4.31 Å². The van der Waals surface area contributed by atoms with Crippen molar-refractivity contribution in [2.75, 3.05) is 43.3 Å². The molecule has 4 rings (SSSR count). The molecule has 0 radical (unpaired) electrons. The summed E-state index contributed by atoms with van der Waals surface area (Å²) < 4.78 is 26.0. The number of carbonyl (C=O) groups excluding carboxylic acids is 1. The van der Waals surface area contributed by atoms with Crippen molar-refractivity contribution >= 4 is 44.8 Å². The highest BCUT2D eigenvalue weighted by molar-refractivity contribution is 7.92. The molecule has 1 aliphatic heterocycles. The Hall–Kier alpha value is -2.58. The molecular weight excluding hydrogens is 505 g/mol. The average molecular weight is 532 g/mol. The van der Waals surface area contributed by atoms with Crippen LogP contribution in [0, 0.1) is 0 Å². The van der Waals surface area contributed by atoms with Gasteiger partial charge in [-0.15, -0.1) is 0 Å². The number of benzene rings is 3. The molecule has 6 nitrogen and oxygen atoms in total. The summed E-state index contributed by atoms with van der Waals surface area (Å²) in [5.74, 6) is -0.262. The van der Waals surface area contributed by atoms with Crippen LogP contribution in [0.15, 0.2) is 78.9 Å². The quantitative estimate of drug-likeness (QED) is 0.443. The maximum atomic E-state index is 13.2. The van der Waals surface area contributed by atoms with E-state index in [9.17, 15) is 13.2 Å². The minimum absolute atomic E-state index is 0.0794. The number of hydrogen-bond donors (Lipinski definition) is 0. The van der Waals surface area contributed by atoms with Crippen LogP contribution in [0.5, 0.6) is 0 Å². The van der Waals surface area contributed by atoms with Gasteiger partial charge in [-0.2, -0.15) is 0 Å². The van der Waals surface area contributed by atoms with Crippen LogP contribution in [0.1, 0.15) is 17.2 Å². The van der Waals surface area contributed by atoms with E-state index < -0.39 is 10.0 Å². The highest BCUT2D eigenvalue weighted by atomic mass is 35.5. The summed E-state index contributed by atoms with van der Waals surface area (Å²) in [7, 11) is -3.72. The van der Waals surface area contributed by atoms with E-state index in [1.54, 1.807) is 4.90 Å². The number of anilines is 1. The second kappa shape index (κ2) is 11.0. The Bertz CT molecular complexity index is 1210. The molecule has 0 aliphatic carbocycles. The van der Waals surface area contributed by atoms with Gasteiger partial charge in [0.25, 0.3) is 0 Å². The summed E-state index contributed by atoms with van der Waals surface area (Å²) >= 11 is 12.1. The molecule has 0 spiro atoms. The summed E-state index contributed by atoms with van der Waals surface area (Å²) in [6.07, 6.45) is 1.07. The van der Waals surface area contributed by atoms with Gasteiger partial charge in [-0.05, 0) is 29.3 Å². The topological polar surface area (TPSA) is 60.9 Å². The summed E-state index contributed by atoms with van der Waals surface area (Å²) in [4.78, 5) is 17.2. The molecule has 1 heterocycles. The number of hydrogen-bond acceptors (Lipinski definition) is 4. The van der Waals surface area contributed by atoms with Crippen LogP contribution in [0.4, 0.5) is 5.69 Å². The highest BCUT2D eigenvalue weighted by Crippen LogP contribution is 2.30. The number of nitrogens with zero attached hydrogens (tertiary/aromatic N) is 3. The zero-order valence-electron chi connectivity index (χ0n) is 19.3. The van der Waals surface area contributed by atoms with Crippen LogP contribution >= 0.6 is 23.2 Å². The van der Waals surface area contributed by atoms with Gasteiger partial charge in [-0.1, -0.05) is 83.9 Å². The molecule has 1 saturated heterocycles. The van der Waals surface area contributed by atoms with Crippen molar-refractivity contribution in [3.63, 3.8) is 0 Å². The summed E-state index contributed by atoms with van der Waals surface area (Å²) in [5.41, 5.74) is 2.66. The van der Waals surface area contributed by atoms with Gasteiger partial charge in [0.15, 0.2) is 0 Å². The van der Waals surface area contributed by atoms with E-state index in [0.29, 0.717) is 36.2 Å². The van der Waals surface area contributed by atoms with Crippen molar-refractivity contribution in [2.24, 2.45) is 0 Å². The van der Waals surface area contributed by atoms with Gasteiger partial charge in [0.05, 0.1) is 18.0 Å². The molecule has 184 valence electrons. The smallest absolute Gasteiger partial charge is 0.243 e.